The molecule has 1 aliphatic heterocycles. The normalized spacial score (nSPS) is 18.8. The van der Waals surface area contributed by atoms with Gasteiger partial charge in [-0.1, -0.05) is 6.92 Å². The predicted octanol–water partition coefficient (Wildman–Crippen LogP) is 2.01. The van der Waals surface area contributed by atoms with Crippen LogP contribution in [-0.4, -0.2) is 40.3 Å². The van der Waals surface area contributed by atoms with Gasteiger partial charge >= 0.3 is 0 Å². The zero-order valence-corrected chi connectivity index (χ0v) is 12.3. The third kappa shape index (κ3) is 2.77. The number of anilines is 1. The van der Waals surface area contributed by atoms with Crippen LogP contribution in [0.5, 0.6) is 0 Å². The summed E-state index contributed by atoms with van der Waals surface area (Å²) >= 11 is 0. The fraction of sp³-hybridized carbons (Fsp3) is 0.600. The summed E-state index contributed by atoms with van der Waals surface area (Å²) in [6, 6.07) is 4.72. The molecule has 3 heterocycles. The lowest BCUT2D eigenvalue weighted by Gasteiger charge is -2.23. The SMILES string of the molecule is CCCN(CC1CCCN1)c1nc2cc(C)ccn2n1. The number of aromatic nitrogens is 3. The van der Waals surface area contributed by atoms with E-state index in [2.05, 4.69) is 46.3 Å². The topological polar surface area (TPSA) is 45.5 Å². The first-order chi connectivity index (χ1) is 9.76. The highest BCUT2D eigenvalue weighted by Crippen LogP contribution is 2.15. The number of nitrogens with one attached hydrogen (secondary N) is 1. The number of fused-ring (bicyclic) bond motifs is 1. The first-order valence-electron chi connectivity index (χ1n) is 7.57. The van der Waals surface area contributed by atoms with Gasteiger partial charge in [-0.15, -0.1) is 5.10 Å². The summed E-state index contributed by atoms with van der Waals surface area (Å²) in [5.74, 6) is 0.853. The van der Waals surface area contributed by atoms with E-state index in [4.69, 9.17) is 0 Å². The Balaban J connectivity index is 1.83. The Hall–Kier alpha value is -1.62. The van der Waals surface area contributed by atoms with Crippen LogP contribution in [0, 0.1) is 6.92 Å². The van der Waals surface area contributed by atoms with Gasteiger partial charge in [0.05, 0.1) is 0 Å². The molecule has 2 aromatic heterocycles. The number of pyridine rings is 1. The summed E-state index contributed by atoms with van der Waals surface area (Å²) in [6.45, 7) is 7.44. The maximum atomic E-state index is 4.68. The largest absolute Gasteiger partial charge is 0.338 e. The van der Waals surface area contributed by atoms with Gasteiger partial charge in [0.2, 0.25) is 5.95 Å². The second-order valence-electron chi connectivity index (χ2n) is 5.66. The molecule has 0 radical (unpaired) electrons. The van der Waals surface area contributed by atoms with E-state index in [0.29, 0.717) is 6.04 Å². The molecule has 0 aromatic carbocycles. The maximum absolute atomic E-state index is 4.68. The van der Waals surface area contributed by atoms with Gasteiger partial charge in [-0.3, -0.25) is 0 Å². The van der Waals surface area contributed by atoms with E-state index < -0.39 is 0 Å². The second-order valence-corrected chi connectivity index (χ2v) is 5.66. The molecule has 1 fully saturated rings. The highest BCUT2D eigenvalue weighted by atomic mass is 15.4. The third-order valence-corrected chi connectivity index (χ3v) is 3.86. The molecule has 2 aromatic rings. The molecule has 1 saturated heterocycles. The van der Waals surface area contributed by atoms with Crippen LogP contribution >= 0.6 is 0 Å². The molecule has 3 rings (SSSR count). The van der Waals surface area contributed by atoms with E-state index in [0.717, 1.165) is 37.7 Å². The van der Waals surface area contributed by atoms with E-state index in [1.165, 1.54) is 18.4 Å². The monoisotopic (exact) mass is 273 g/mol. The van der Waals surface area contributed by atoms with Crippen LogP contribution in [0.4, 0.5) is 5.95 Å². The van der Waals surface area contributed by atoms with E-state index in [9.17, 15) is 0 Å². The molecule has 20 heavy (non-hydrogen) atoms. The van der Waals surface area contributed by atoms with Gasteiger partial charge in [0.25, 0.3) is 0 Å². The lowest BCUT2D eigenvalue weighted by atomic mass is 10.2. The first-order valence-corrected chi connectivity index (χ1v) is 7.57. The first kappa shape index (κ1) is 13.4. The van der Waals surface area contributed by atoms with E-state index in [-0.39, 0.29) is 0 Å². The van der Waals surface area contributed by atoms with Crippen LogP contribution in [-0.2, 0) is 0 Å². The minimum atomic E-state index is 0.579. The minimum absolute atomic E-state index is 0.579. The summed E-state index contributed by atoms with van der Waals surface area (Å²) in [4.78, 5) is 7.00. The predicted molar refractivity (Wildman–Crippen MR) is 81.3 cm³/mol. The Bertz CT molecular complexity index is 571. The van der Waals surface area contributed by atoms with Crippen molar-refractivity contribution in [2.24, 2.45) is 0 Å². The molecule has 0 spiro atoms. The Morgan fingerprint density at radius 1 is 1.50 bits per heavy atom. The van der Waals surface area contributed by atoms with Gasteiger partial charge in [0.15, 0.2) is 5.65 Å². The second kappa shape index (κ2) is 5.79. The van der Waals surface area contributed by atoms with E-state index in [1.807, 2.05) is 10.7 Å². The van der Waals surface area contributed by atoms with Crippen LogP contribution in [0.25, 0.3) is 5.65 Å². The number of aryl methyl sites for hydroxylation is 1. The molecule has 0 aliphatic carbocycles. The summed E-state index contributed by atoms with van der Waals surface area (Å²) in [7, 11) is 0. The number of hydrogen-bond acceptors (Lipinski definition) is 4. The smallest absolute Gasteiger partial charge is 0.245 e. The third-order valence-electron chi connectivity index (χ3n) is 3.86. The Morgan fingerprint density at radius 3 is 3.15 bits per heavy atom. The number of hydrogen-bond donors (Lipinski definition) is 1. The zero-order valence-electron chi connectivity index (χ0n) is 12.3. The lowest BCUT2D eigenvalue weighted by Crippen LogP contribution is -2.38. The minimum Gasteiger partial charge on any atom is -0.338 e. The van der Waals surface area contributed by atoms with Crippen LogP contribution in [0.3, 0.4) is 0 Å². The van der Waals surface area contributed by atoms with Crippen LogP contribution in [0.2, 0.25) is 0 Å². The van der Waals surface area contributed by atoms with Crippen molar-refractivity contribution in [3.63, 3.8) is 0 Å². The number of nitrogens with zero attached hydrogens (tertiary/aromatic N) is 4. The van der Waals surface area contributed by atoms with Gasteiger partial charge in [-0.2, -0.15) is 4.98 Å². The van der Waals surface area contributed by atoms with Gasteiger partial charge in [-0.05, 0) is 50.4 Å². The van der Waals surface area contributed by atoms with Crippen molar-refractivity contribution < 1.29 is 0 Å². The average Bonchev–Trinajstić information content (AvgIpc) is 3.06. The molecule has 1 N–H and O–H groups in total. The molecule has 108 valence electrons. The molecule has 1 aliphatic rings. The highest BCUT2D eigenvalue weighted by Gasteiger charge is 2.20. The Labute approximate surface area is 120 Å². The summed E-state index contributed by atoms with van der Waals surface area (Å²) in [6.07, 6.45) is 5.63. The van der Waals surface area contributed by atoms with Crippen molar-refractivity contribution in [1.29, 1.82) is 0 Å². The van der Waals surface area contributed by atoms with Gasteiger partial charge in [0, 0.05) is 25.3 Å². The molecular weight excluding hydrogens is 250 g/mol. The quantitative estimate of drug-likeness (QED) is 0.905. The highest BCUT2D eigenvalue weighted by molar-refractivity contribution is 5.46. The standard InChI is InChI=1S/C15H23N5/c1-3-8-19(11-13-5-4-7-16-13)15-17-14-10-12(2)6-9-20(14)18-15/h6,9-10,13,16H,3-5,7-8,11H2,1-2H3. The van der Waals surface area contributed by atoms with Gasteiger partial charge < -0.3 is 10.2 Å². The van der Waals surface area contributed by atoms with Crippen molar-refractivity contribution in [1.82, 2.24) is 19.9 Å². The van der Waals surface area contributed by atoms with Crippen molar-refractivity contribution in [3.8, 4) is 0 Å². The summed E-state index contributed by atoms with van der Waals surface area (Å²) in [5.41, 5.74) is 2.15. The van der Waals surface area contributed by atoms with Crippen molar-refractivity contribution >= 4 is 11.6 Å². The fourth-order valence-corrected chi connectivity index (χ4v) is 2.83. The zero-order chi connectivity index (χ0) is 13.9. The van der Waals surface area contributed by atoms with Crippen molar-refractivity contribution in [3.05, 3.63) is 23.9 Å². The Morgan fingerprint density at radius 2 is 2.40 bits per heavy atom. The summed E-state index contributed by atoms with van der Waals surface area (Å²) < 4.78 is 1.87. The van der Waals surface area contributed by atoms with Crippen LogP contribution in [0.15, 0.2) is 18.3 Å². The van der Waals surface area contributed by atoms with Crippen LogP contribution < -0.4 is 10.2 Å². The van der Waals surface area contributed by atoms with Gasteiger partial charge in [-0.25, -0.2) is 4.52 Å². The molecular formula is C15H23N5. The Kier molecular flexibility index (Phi) is 3.87. The van der Waals surface area contributed by atoms with Gasteiger partial charge in [0.1, 0.15) is 0 Å². The average molecular weight is 273 g/mol. The van der Waals surface area contributed by atoms with Crippen LogP contribution in [0.1, 0.15) is 31.7 Å². The lowest BCUT2D eigenvalue weighted by molar-refractivity contribution is 0.571. The van der Waals surface area contributed by atoms with Crippen molar-refractivity contribution in [2.75, 3.05) is 24.5 Å². The molecule has 0 amide bonds. The molecule has 0 saturated carbocycles. The number of rotatable bonds is 5. The van der Waals surface area contributed by atoms with Crippen molar-refractivity contribution in [2.45, 2.75) is 39.2 Å². The van der Waals surface area contributed by atoms with E-state index >= 15 is 0 Å². The fourth-order valence-electron chi connectivity index (χ4n) is 2.83. The molecule has 1 atom stereocenters. The molecule has 0 bridgehead atoms. The molecule has 5 heteroatoms. The summed E-state index contributed by atoms with van der Waals surface area (Å²) in [5, 5.41) is 8.17. The maximum Gasteiger partial charge on any atom is 0.245 e. The molecule has 1 unspecified atom stereocenters. The van der Waals surface area contributed by atoms with E-state index in [1.54, 1.807) is 0 Å². The molecule has 5 nitrogen and oxygen atoms in total.